The van der Waals surface area contributed by atoms with E-state index in [-0.39, 0.29) is 35.2 Å². The molecule has 2 saturated heterocycles. The van der Waals surface area contributed by atoms with Crippen LogP contribution in [0.25, 0.3) is 22.5 Å². The largest absolute Gasteiger partial charge is 0.364 e. The van der Waals surface area contributed by atoms with Crippen LogP contribution >= 0.6 is 11.6 Å². The third-order valence-corrected chi connectivity index (χ3v) is 12.8. The van der Waals surface area contributed by atoms with E-state index >= 15 is 0 Å². The van der Waals surface area contributed by atoms with Gasteiger partial charge in [0, 0.05) is 41.2 Å². The molecule has 11 N–H and O–H groups in total. The number of pyridine rings is 2. The van der Waals surface area contributed by atoms with Gasteiger partial charge >= 0.3 is 0 Å². The Morgan fingerprint density at radius 2 is 1.12 bits per heavy atom. The maximum Gasteiger partial charge on any atom is 0.269 e. The van der Waals surface area contributed by atoms with E-state index in [4.69, 9.17) is 34.8 Å². The molecule has 2 aliphatic heterocycles. The number of aromatic nitrogens is 6. The van der Waals surface area contributed by atoms with E-state index in [1.807, 2.05) is 24.3 Å². The minimum absolute atomic E-state index is 0.0264. The molecule has 0 unspecified atom stereocenters. The van der Waals surface area contributed by atoms with Crippen LogP contribution in [0.2, 0.25) is 0 Å². The third kappa shape index (κ3) is 13.8. The maximum atomic E-state index is 12.8. The summed E-state index contributed by atoms with van der Waals surface area (Å²) in [6.07, 6.45) is 11.1. The molecule has 6 aromatic rings. The van der Waals surface area contributed by atoms with Crippen molar-refractivity contribution in [2.75, 3.05) is 35.4 Å². The highest BCUT2D eigenvalue weighted by Crippen LogP contribution is 2.34. The number of likely N-dealkylation sites (tertiary alicyclic amines) is 1. The van der Waals surface area contributed by atoms with Crippen molar-refractivity contribution in [3.8, 4) is 22.5 Å². The van der Waals surface area contributed by atoms with E-state index in [0.717, 1.165) is 55.9 Å². The predicted molar refractivity (Wildman–Crippen MR) is 289 cm³/mol. The predicted octanol–water partition coefficient (Wildman–Crippen LogP) is 7.26. The summed E-state index contributed by atoms with van der Waals surface area (Å²) in [5, 5.41) is 8.52. The first-order valence-electron chi connectivity index (χ1n) is 24.4. The Bertz CT molecular complexity index is 3070. The van der Waals surface area contributed by atoms with E-state index in [9.17, 15) is 28.8 Å². The van der Waals surface area contributed by atoms with Crippen LogP contribution in [-0.2, 0) is 9.59 Å². The number of carbonyl (C=O) groups excluding carboxylic acids is 6. The molecule has 2 aromatic carbocycles. The zero-order chi connectivity index (χ0) is 54.5. The number of benzene rings is 2. The number of anilines is 2. The summed E-state index contributed by atoms with van der Waals surface area (Å²) in [7, 11) is 0. The standard InChI is InChI=1S/C27H31N7O3.C24H29N7O2.C3H3ClO/c1-4-22(35)33-14-6-5-7-20(33)26-32-23(24(25(28)36)34(26)29)17-8-10-18(11-9-17)27(37)31-21-15-19(16(2)3)12-13-30-21;1-14(2)17-10-12-28-19(13-17)29-24(33)16-8-6-15(7-9-16)20-21(22(25)32)31(26)23(30-20)18-5-3-4-11-27-18;1-2-3(4)5/h4,8-13,15-16,20H,1,5-7,14,29H2,2-3H3,(H2,28,36)(H,30,31,37);6-10,12-14,18,27H,3-5,11,26H2,1-2H3,(H2,25,32)(H,28,29,33);2H,1H2/t20-;18-;/m00./s1. The number of nitrogens with zero attached hydrogens (tertiary/aromatic N) is 7. The molecule has 0 saturated carbocycles. The summed E-state index contributed by atoms with van der Waals surface area (Å²) in [4.78, 5) is 91.3. The molecule has 2 atom stereocenters. The molecule has 6 heterocycles. The Morgan fingerprint density at radius 1 is 0.667 bits per heavy atom. The van der Waals surface area contributed by atoms with Crippen LogP contribution < -0.4 is 39.1 Å². The molecule has 2 aliphatic rings. The summed E-state index contributed by atoms with van der Waals surface area (Å²) in [5.74, 6) is 12.8. The van der Waals surface area contributed by atoms with Crippen LogP contribution in [0.15, 0.2) is 111 Å². The highest BCUT2D eigenvalue weighted by Gasteiger charge is 2.34. The zero-order valence-corrected chi connectivity index (χ0v) is 43.1. The van der Waals surface area contributed by atoms with Crippen LogP contribution in [0.3, 0.4) is 0 Å². The number of amides is 5. The van der Waals surface area contributed by atoms with Gasteiger partial charge in [-0.05, 0) is 134 Å². The highest BCUT2D eigenvalue weighted by molar-refractivity contribution is 6.66. The van der Waals surface area contributed by atoms with Gasteiger partial charge in [-0.1, -0.05) is 71.5 Å². The number of primary amides is 2. The maximum absolute atomic E-state index is 12.8. The van der Waals surface area contributed by atoms with Gasteiger partial charge in [-0.2, -0.15) is 0 Å². The summed E-state index contributed by atoms with van der Waals surface area (Å²) in [6.45, 7) is 16.4. The fourth-order valence-electron chi connectivity index (χ4n) is 8.59. The molecule has 75 heavy (non-hydrogen) atoms. The van der Waals surface area contributed by atoms with Gasteiger partial charge in [-0.25, -0.2) is 29.3 Å². The van der Waals surface area contributed by atoms with E-state index in [1.165, 1.54) is 15.4 Å². The van der Waals surface area contributed by atoms with Crippen LogP contribution in [0.1, 0.15) is 155 Å². The number of carbonyl (C=O) groups is 6. The van der Waals surface area contributed by atoms with Gasteiger partial charge in [0.15, 0.2) is 17.2 Å². The number of nitrogens with one attached hydrogen (secondary N) is 3. The normalized spacial score (nSPS) is 15.1. The number of nitrogens with two attached hydrogens (primary N) is 4. The van der Waals surface area contributed by atoms with Gasteiger partial charge in [0.1, 0.15) is 28.8 Å². The molecular weight excluding hydrogens is 976 g/mol. The minimum atomic E-state index is -0.744. The van der Waals surface area contributed by atoms with Crippen molar-refractivity contribution < 1.29 is 28.8 Å². The number of rotatable bonds is 14. The Morgan fingerprint density at radius 3 is 1.53 bits per heavy atom. The topological polar surface area (TPSA) is 307 Å². The molecule has 5 amide bonds. The van der Waals surface area contributed by atoms with E-state index in [2.05, 4.69) is 76.7 Å². The quantitative estimate of drug-likeness (QED) is 0.0321. The fourth-order valence-corrected chi connectivity index (χ4v) is 8.59. The highest BCUT2D eigenvalue weighted by atomic mass is 35.5. The van der Waals surface area contributed by atoms with Crippen molar-refractivity contribution in [1.82, 2.24) is 39.5 Å². The van der Waals surface area contributed by atoms with Crippen LogP contribution in [0, 0.1) is 0 Å². The first-order valence-corrected chi connectivity index (χ1v) is 24.8. The van der Waals surface area contributed by atoms with Crippen molar-refractivity contribution in [1.29, 1.82) is 0 Å². The molecule has 0 bridgehead atoms. The molecule has 8 rings (SSSR count). The number of hydrogen-bond donors (Lipinski definition) is 7. The zero-order valence-electron chi connectivity index (χ0n) is 42.4. The SMILES string of the molecule is C=CC(=O)Cl.C=CC(=O)N1CCCC[C@H]1c1nc(-c2ccc(C(=O)Nc3cc(C(C)C)ccn3)cc2)c(C(N)=O)n1N.CC(C)c1ccnc(NC(=O)c2ccc(-c3nc([C@@H]4CCCCN4)n(N)c3C(N)=O)cc2)c1. The summed E-state index contributed by atoms with van der Waals surface area (Å²) < 4.78 is 2.46. The van der Waals surface area contributed by atoms with Crippen molar-refractivity contribution in [3.63, 3.8) is 0 Å². The first kappa shape index (κ1) is 55.8. The monoisotopic (exact) mass is 1040 g/mol. The molecule has 21 heteroatoms. The van der Waals surface area contributed by atoms with Gasteiger partial charge in [-0.3, -0.25) is 28.8 Å². The lowest BCUT2D eigenvalue weighted by atomic mass is 10.0. The number of allylic oxidation sites excluding steroid dienone is 1. The van der Waals surface area contributed by atoms with E-state index < -0.39 is 23.1 Å². The molecule has 0 aliphatic carbocycles. The Labute approximate surface area is 440 Å². The van der Waals surface area contributed by atoms with E-state index in [0.29, 0.717) is 81.7 Å². The van der Waals surface area contributed by atoms with Gasteiger partial charge < -0.3 is 44.0 Å². The average Bonchev–Trinajstić information content (AvgIpc) is 3.95. The lowest BCUT2D eigenvalue weighted by Gasteiger charge is -2.34. The van der Waals surface area contributed by atoms with Gasteiger partial charge in [0.25, 0.3) is 23.6 Å². The van der Waals surface area contributed by atoms with Crippen molar-refractivity contribution in [2.24, 2.45) is 11.5 Å². The molecule has 20 nitrogen and oxygen atoms in total. The first-order chi connectivity index (χ1) is 35.8. The summed E-state index contributed by atoms with van der Waals surface area (Å²) >= 11 is 4.71. The molecule has 2 fully saturated rings. The number of nitrogen functional groups attached to an aromatic ring is 2. The summed E-state index contributed by atoms with van der Waals surface area (Å²) in [5.41, 5.74) is 16.4. The second kappa shape index (κ2) is 25.4. The molecule has 0 spiro atoms. The minimum Gasteiger partial charge on any atom is -0.364 e. The molecular formula is C54H63ClN14O6. The van der Waals surface area contributed by atoms with Gasteiger partial charge in [-0.15, -0.1) is 0 Å². The molecule has 4 aromatic heterocycles. The fraction of sp³-hybridized carbons (Fsp3) is 0.296. The second-order valence-electron chi connectivity index (χ2n) is 18.4. The lowest BCUT2D eigenvalue weighted by molar-refractivity contribution is -0.130. The second-order valence-corrected chi connectivity index (χ2v) is 18.8. The van der Waals surface area contributed by atoms with Crippen molar-refractivity contribution in [3.05, 3.63) is 156 Å². The van der Waals surface area contributed by atoms with Crippen LogP contribution in [-0.4, -0.2) is 82.1 Å². The number of hydrogen-bond acceptors (Lipinski definition) is 13. The van der Waals surface area contributed by atoms with Crippen LogP contribution in [0.5, 0.6) is 0 Å². The number of imidazole rings is 2. The van der Waals surface area contributed by atoms with Crippen LogP contribution in [0.4, 0.5) is 11.6 Å². The average molecular weight is 1040 g/mol. The van der Waals surface area contributed by atoms with Crippen molar-refractivity contribution in [2.45, 2.75) is 90.1 Å². The number of halogens is 1. The molecule has 0 radical (unpaired) electrons. The van der Waals surface area contributed by atoms with E-state index in [1.54, 1.807) is 65.8 Å². The Kier molecular flexibility index (Phi) is 18.9. The van der Waals surface area contributed by atoms with Gasteiger partial charge in [0.2, 0.25) is 11.1 Å². The smallest absolute Gasteiger partial charge is 0.269 e. The summed E-state index contributed by atoms with van der Waals surface area (Å²) in [6, 6.07) is 20.6. The lowest BCUT2D eigenvalue weighted by Crippen LogP contribution is -2.39. The van der Waals surface area contributed by atoms with Crippen molar-refractivity contribution >= 4 is 58.0 Å². The Balaban J connectivity index is 0.000000225. The number of piperidine rings is 2. The van der Waals surface area contributed by atoms with Gasteiger partial charge in [0.05, 0.1) is 12.1 Å². The Hall–Kier alpha value is -8.49. The molecule has 392 valence electrons. The third-order valence-electron chi connectivity index (χ3n) is 12.6.